The van der Waals surface area contributed by atoms with Crippen LogP contribution in [0.1, 0.15) is 74.5 Å². The van der Waals surface area contributed by atoms with Gasteiger partial charge in [-0.3, -0.25) is 9.59 Å². The molecule has 0 saturated heterocycles. The van der Waals surface area contributed by atoms with E-state index >= 15 is 0 Å². The van der Waals surface area contributed by atoms with E-state index in [2.05, 4.69) is 49.9 Å². The number of aromatic nitrogens is 3. The first kappa shape index (κ1) is 19.1. The van der Waals surface area contributed by atoms with Crippen LogP contribution in [0.25, 0.3) is 0 Å². The lowest BCUT2D eigenvalue weighted by molar-refractivity contribution is 0.0915. The fourth-order valence-electron chi connectivity index (χ4n) is 3.42. The van der Waals surface area contributed by atoms with Gasteiger partial charge in [-0.25, -0.2) is 9.97 Å². The van der Waals surface area contributed by atoms with E-state index in [0.29, 0.717) is 0 Å². The van der Waals surface area contributed by atoms with E-state index in [9.17, 15) is 14.7 Å². The molecule has 2 aromatic heterocycles. The lowest BCUT2D eigenvalue weighted by atomic mass is 9.74. The van der Waals surface area contributed by atoms with E-state index in [1.165, 1.54) is 6.20 Å². The van der Waals surface area contributed by atoms with Crippen LogP contribution in [0.2, 0.25) is 0 Å². The van der Waals surface area contributed by atoms with Gasteiger partial charge in [-0.2, -0.15) is 0 Å². The first-order valence-electron chi connectivity index (χ1n) is 9.05. The number of carbonyl (C=O) groups excluding carboxylic acids is 1. The highest BCUT2D eigenvalue weighted by Crippen LogP contribution is 2.40. The minimum absolute atomic E-state index is 0.0340. The van der Waals surface area contributed by atoms with Crippen LogP contribution in [0, 0.1) is 5.41 Å². The Morgan fingerprint density at radius 2 is 2.07 bits per heavy atom. The summed E-state index contributed by atoms with van der Waals surface area (Å²) >= 11 is 0. The van der Waals surface area contributed by atoms with Crippen LogP contribution >= 0.6 is 0 Å². The van der Waals surface area contributed by atoms with Crippen molar-refractivity contribution in [2.45, 2.75) is 58.9 Å². The van der Waals surface area contributed by atoms with Crippen molar-refractivity contribution in [2.24, 2.45) is 5.41 Å². The molecule has 0 aromatic carbocycles. The van der Waals surface area contributed by atoms with Gasteiger partial charge in [-0.1, -0.05) is 34.6 Å². The molecule has 1 aliphatic carbocycles. The summed E-state index contributed by atoms with van der Waals surface area (Å²) in [5, 5.41) is 12.9. The smallest absolute Gasteiger partial charge is 0.257 e. The summed E-state index contributed by atoms with van der Waals surface area (Å²) < 4.78 is 0. The minimum atomic E-state index is -0.462. The molecular weight excluding hydrogens is 344 g/mol. The second-order valence-corrected chi connectivity index (χ2v) is 9.01. The number of rotatable bonds is 2. The number of hydrogen-bond acceptors (Lipinski definition) is 5. The van der Waals surface area contributed by atoms with Gasteiger partial charge in [0, 0.05) is 35.1 Å². The summed E-state index contributed by atoms with van der Waals surface area (Å²) in [7, 11) is 0. The maximum atomic E-state index is 12.7. The van der Waals surface area contributed by atoms with Gasteiger partial charge in [0.1, 0.15) is 11.6 Å². The minimum Gasteiger partial charge on any atom is -0.507 e. The predicted octanol–water partition coefficient (Wildman–Crippen LogP) is 2.61. The zero-order chi connectivity index (χ0) is 20.0. The topological polar surface area (TPSA) is 108 Å². The number of aromatic amines is 1. The molecule has 144 valence electrons. The number of amides is 1. The zero-order valence-corrected chi connectivity index (χ0v) is 16.4. The van der Waals surface area contributed by atoms with Crippen molar-refractivity contribution in [3.63, 3.8) is 0 Å². The highest BCUT2D eigenvalue weighted by atomic mass is 16.3. The number of H-pyrrole nitrogens is 1. The zero-order valence-electron chi connectivity index (χ0n) is 16.4. The number of aromatic hydroxyl groups is 1. The van der Waals surface area contributed by atoms with Gasteiger partial charge in [0.25, 0.3) is 11.5 Å². The molecule has 0 fully saturated rings. The second kappa shape index (κ2) is 6.48. The molecule has 0 aliphatic heterocycles. The third kappa shape index (κ3) is 4.02. The lowest BCUT2D eigenvalue weighted by Crippen LogP contribution is -2.38. The Morgan fingerprint density at radius 1 is 1.37 bits per heavy atom. The standard InChI is InChI=1S/C20H26N4O3/c1-19(2,3)18-22-9-11-13(7-20(4,5)8-14(11)24-18)23-17(27)12-10-21-16(26)6-15(12)25/h6,9-10,13H,7-8H2,1-5H3,(H,23,27)(H2,21,25,26)/t13-/m1/s1. The molecule has 7 heteroatoms. The van der Waals surface area contributed by atoms with E-state index in [-0.39, 0.29) is 28.2 Å². The molecule has 0 bridgehead atoms. The number of hydrogen-bond donors (Lipinski definition) is 3. The van der Waals surface area contributed by atoms with Crippen molar-refractivity contribution < 1.29 is 9.90 Å². The molecule has 0 radical (unpaired) electrons. The molecule has 3 N–H and O–H groups in total. The fraction of sp³-hybridized carbons (Fsp3) is 0.500. The number of pyridine rings is 1. The van der Waals surface area contributed by atoms with E-state index in [4.69, 9.17) is 4.98 Å². The summed E-state index contributed by atoms with van der Waals surface area (Å²) in [4.78, 5) is 35.6. The molecule has 0 saturated carbocycles. The van der Waals surface area contributed by atoms with Crippen LogP contribution in [0.5, 0.6) is 5.75 Å². The quantitative estimate of drug-likeness (QED) is 0.753. The first-order chi connectivity index (χ1) is 12.5. The third-order valence-corrected chi connectivity index (χ3v) is 4.80. The molecule has 2 heterocycles. The SMILES string of the molecule is CC1(C)Cc2nc(C(C)(C)C)ncc2[C@H](NC(=O)c2c[nH]c(=O)cc2O)C1. The highest BCUT2D eigenvalue weighted by molar-refractivity contribution is 5.96. The largest absolute Gasteiger partial charge is 0.507 e. The van der Waals surface area contributed by atoms with Crippen LogP contribution in [0.3, 0.4) is 0 Å². The number of nitrogens with one attached hydrogen (secondary N) is 2. The fourth-order valence-corrected chi connectivity index (χ4v) is 3.42. The van der Waals surface area contributed by atoms with Gasteiger partial charge in [0.05, 0.1) is 11.6 Å². The number of carbonyl (C=O) groups is 1. The Kier molecular flexibility index (Phi) is 4.57. The van der Waals surface area contributed by atoms with Crippen LogP contribution < -0.4 is 10.9 Å². The van der Waals surface area contributed by atoms with Crippen molar-refractivity contribution in [3.05, 3.63) is 51.5 Å². The van der Waals surface area contributed by atoms with Crippen molar-refractivity contribution in [2.75, 3.05) is 0 Å². The van der Waals surface area contributed by atoms with Crippen LogP contribution in [0.15, 0.2) is 23.3 Å². The van der Waals surface area contributed by atoms with E-state index in [1.807, 2.05) is 0 Å². The maximum absolute atomic E-state index is 12.7. The van der Waals surface area contributed by atoms with Crippen molar-refractivity contribution in [1.29, 1.82) is 0 Å². The summed E-state index contributed by atoms with van der Waals surface area (Å²) in [5.41, 5.74) is 1.23. The Morgan fingerprint density at radius 3 is 2.70 bits per heavy atom. The monoisotopic (exact) mass is 370 g/mol. The summed E-state index contributed by atoms with van der Waals surface area (Å²) in [6.07, 6.45) is 4.56. The highest BCUT2D eigenvalue weighted by Gasteiger charge is 2.35. The van der Waals surface area contributed by atoms with Gasteiger partial charge >= 0.3 is 0 Å². The molecule has 2 aromatic rings. The molecule has 1 aliphatic rings. The summed E-state index contributed by atoms with van der Waals surface area (Å²) in [6, 6.07) is 0.725. The lowest BCUT2D eigenvalue weighted by Gasteiger charge is -2.37. The van der Waals surface area contributed by atoms with Gasteiger partial charge < -0.3 is 15.4 Å². The molecule has 0 unspecified atom stereocenters. The van der Waals surface area contributed by atoms with Crippen molar-refractivity contribution >= 4 is 5.91 Å². The molecule has 7 nitrogen and oxygen atoms in total. The van der Waals surface area contributed by atoms with Gasteiger partial charge in [-0.05, 0) is 18.3 Å². The van der Waals surface area contributed by atoms with Gasteiger partial charge in [0.15, 0.2) is 0 Å². The average molecular weight is 370 g/mol. The molecule has 1 amide bonds. The van der Waals surface area contributed by atoms with Gasteiger partial charge in [-0.15, -0.1) is 0 Å². The molecule has 0 spiro atoms. The Labute approximate surface area is 158 Å². The maximum Gasteiger partial charge on any atom is 0.257 e. The first-order valence-corrected chi connectivity index (χ1v) is 9.05. The van der Waals surface area contributed by atoms with Crippen molar-refractivity contribution in [1.82, 2.24) is 20.3 Å². The summed E-state index contributed by atoms with van der Waals surface area (Å²) in [5.74, 6) is -0.00882. The average Bonchev–Trinajstić information content (AvgIpc) is 2.52. The van der Waals surface area contributed by atoms with E-state index in [1.54, 1.807) is 6.20 Å². The van der Waals surface area contributed by atoms with E-state index < -0.39 is 11.5 Å². The molecular formula is C20H26N4O3. The van der Waals surface area contributed by atoms with Gasteiger partial charge in [0.2, 0.25) is 0 Å². The normalized spacial score (nSPS) is 18.6. The molecule has 1 atom stereocenters. The molecule has 27 heavy (non-hydrogen) atoms. The number of nitrogens with zero attached hydrogens (tertiary/aromatic N) is 2. The van der Waals surface area contributed by atoms with E-state index in [0.717, 1.165) is 36.0 Å². The van der Waals surface area contributed by atoms with Crippen LogP contribution in [-0.2, 0) is 11.8 Å². The van der Waals surface area contributed by atoms with Crippen molar-refractivity contribution in [3.8, 4) is 5.75 Å². The molecule has 3 rings (SSSR count). The third-order valence-electron chi connectivity index (χ3n) is 4.80. The Hall–Kier alpha value is -2.70. The van der Waals surface area contributed by atoms with Crippen LogP contribution in [0.4, 0.5) is 0 Å². The second-order valence-electron chi connectivity index (χ2n) is 9.01. The predicted molar refractivity (Wildman–Crippen MR) is 102 cm³/mol. The van der Waals surface area contributed by atoms with Crippen LogP contribution in [-0.4, -0.2) is 26.0 Å². The Balaban J connectivity index is 1.94. The Bertz CT molecular complexity index is 941. The number of fused-ring (bicyclic) bond motifs is 1. The summed E-state index contributed by atoms with van der Waals surface area (Å²) in [6.45, 7) is 10.5.